The van der Waals surface area contributed by atoms with Gasteiger partial charge in [-0.15, -0.1) is 0 Å². The van der Waals surface area contributed by atoms with Crippen molar-refractivity contribution in [2.75, 3.05) is 20.7 Å². The van der Waals surface area contributed by atoms with Crippen LogP contribution in [-0.2, 0) is 6.42 Å². The van der Waals surface area contributed by atoms with Crippen molar-refractivity contribution in [3.8, 4) is 5.75 Å². The monoisotopic (exact) mass is 259 g/mol. The van der Waals surface area contributed by atoms with Crippen LogP contribution in [-0.4, -0.2) is 30.8 Å². The Morgan fingerprint density at radius 3 is 2.75 bits per heavy atom. The van der Waals surface area contributed by atoms with Gasteiger partial charge in [0.15, 0.2) is 0 Å². The molecule has 1 aromatic carbocycles. The Balaban J connectivity index is 2.62. The molecular formula is C11H14ClNO2S. The third-order valence-corrected chi connectivity index (χ3v) is 2.92. The maximum atomic E-state index is 10.9. The highest BCUT2D eigenvalue weighted by Crippen LogP contribution is 2.25. The van der Waals surface area contributed by atoms with E-state index in [0.29, 0.717) is 17.3 Å². The zero-order valence-corrected chi connectivity index (χ0v) is 10.9. The van der Waals surface area contributed by atoms with Gasteiger partial charge in [0.2, 0.25) is 0 Å². The van der Waals surface area contributed by atoms with E-state index >= 15 is 0 Å². The summed E-state index contributed by atoms with van der Waals surface area (Å²) >= 11 is 9.72. The SMILES string of the molecule is COc1ccc(CCN(C)C(=O)S)cc1Cl. The van der Waals surface area contributed by atoms with Crippen molar-refractivity contribution in [2.45, 2.75) is 6.42 Å². The second-order valence-electron chi connectivity index (χ2n) is 3.42. The van der Waals surface area contributed by atoms with Crippen LogP contribution in [0.1, 0.15) is 5.56 Å². The number of carbonyl (C=O) groups excluding carboxylic acids is 1. The topological polar surface area (TPSA) is 29.5 Å². The van der Waals surface area contributed by atoms with Crippen molar-refractivity contribution in [2.24, 2.45) is 0 Å². The summed E-state index contributed by atoms with van der Waals surface area (Å²) in [5, 5.41) is 0.347. The fourth-order valence-corrected chi connectivity index (χ4v) is 1.64. The number of hydrogen-bond donors (Lipinski definition) is 1. The molecule has 0 fully saturated rings. The first kappa shape index (κ1) is 13.2. The number of carbonyl (C=O) groups is 1. The normalized spacial score (nSPS) is 10.0. The van der Waals surface area contributed by atoms with Crippen molar-refractivity contribution in [3.63, 3.8) is 0 Å². The molecule has 1 amide bonds. The molecule has 0 aliphatic carbocycles. The van der Waals surface area contributed by atoms with Gasteiger partial charge in [0.05, 0.1) is 12.1 Å². The van der Waals surface area contributed by atoms with Crippen LogP contribution in [0.5, 0.6) is 5.75 Å². The van der Waals surface area contributed by atoms with Crippen molar-refractivity contribution >= 4 is 29.5 Å². The van der Waals surface area contributed by atoms with Crippen molar-refractivity contribution in [1.82, 2.24) is 4.90 Å². The number of halogens is 1. The van der Waals surface area contributed by atoms with E-state index in [-0.39, 0.29) is 5.24 Å². The Morgan fingerprint density at radius 2 is 2.25 bits per heavy atom. The number of rotatable bonds is 4. The molecule has 0 saturated heterocycles. The molecule has 0 N–H and O–H groups in total. The highest BCUT2D eigenvalue weighted by molar-refractivity contribution is 7.96. The largest absolute Gasteiger partial charge is 0.495 e. The number of amides is 1. The first-order chi connectivity index (χ1) is 7.54. The highest BCUT2D eigenvalue weighted by Gasteiger charge is 2.05. The van der Waals surface area contributed by atoms with E-state index in [4.69, 9.17) is 16.3 Å². The molecule has 1 rings (SSSR count). The number of benzene rings is 1. The van der Waals surface area contributed by atoms with E-state index in [2.05, 4.69) is 12.6 Å². The zero-order chi connectivity index (χ0) is 12.1. The molecule has 0 aromatic heterocycles. The maximum Gasteiger partial charge on any atom is 0.278 e. The molecule has 1 aromatic rings. The standard InChI is InChI=1S/C11H14ClNO2S/c1-13(11(14)16)6-5-8-3-4-10(15-2)9(12)7-8/h3-4,7H,5-6H2,1-2H3,(H,14,16). The van der Waals surface area contributed by atoms with Crippen LogP contribution in [0.4, 0.5) is 4.79 Å². The smallest absolute Gasteiger partial charge is 0.278 e. The predicted octanol–water partition coefficient (Wildman–Crippen LogP) is 2.87. The molecule has 0 heterocycles. The van der Waals surface area contributed by atoms with Gasteiger partial charge in [-0.05, 0) is 24.1 Å². The molecule has 16 heavy (non-hydrogen) atoms. The average molecular weight is 260 g/mol. The predicted molar refractivity (Wildman–Crippen MR) is 68.7 cm³/mol. The molecule has 0 radical (unpaired) electrons. The summed E-state index contributed by atoms with van der Waals surface area (Å²) in [6.07, 6.45) is 0.743. The Kier molecular flexibility index (Phi) is 4.96. The van der Waals surface area contributed by atoms with Crippen molar-refractivity contribution < 1.29 is 9.53 Å². The van der Waals surface area contributed by atoms with Gasteiger partial charge in [0, 0.05) is 13.6 Å². The van der Waals surface area contributed by atoms with Crippen molar-refractivity contribution in [3.05, 3.63) is 28.8 Å². The summed E-state index contributed by atoms with van der Waals surface area (Å²) in [5.74, 6) is 0.657. The minimum Gasteiger partial charge on any atom is -0.495 e. The summed E-state index contributed by atoms with van der Waals surface area (Å²) in [6, 6.07) is 5.60. The van der Waals surface area contributed by atoms with E-state index in [1.165, 1.54) is 0 Å². The van der Waals surface area contributed by atoms with E-state index in [0.717, 1.165) is 12.0 Å². The van der Waals surface area contributed by atoms with Gasteiger partial charge in [-0.2, -0.15) is 0 Å². The van der Waals surface area contributed by atoms with Crippen LogP contribution in [0.15, 0.2) is 18.2 Å². The zero-order valence-electron chi connectivity index (χ0n) is 9.24. The molecule has 0 spiro atoms. The molecular weight excluding hydrogens is 246 g/mol. The molecule has 0 saturated carbocycles. The van der Waals surface area contributed by atoms with Gasteiger partial charge in [-0.25, -0.2) is 0 Å². The second kappa shape index (κ2) is 6.01. The average Bonchev–Trinajstić information content (AvgIpc) is 2.25. The second-order valence-corrected chi connectivity index (χ2v) is 4.21. The third-order valence-electron chi connectivity index (χ3n) is 2.28. The number of nitrogens with zero attached hydrogens (tertiary/aromatic N) is 1. The van der Waals surface area contributed by atoms with Gasteiger partial charge in [0.25, 0.3) is 5.24 Å². The summed E-state index contributed by atoms with van der Waals surface area (Å²) in [4.78, 5) is 12.4. The maximum absolute atomic E-state index is 10.9. The lowest BCUT2D eigenvalue weighted by Crippen LogP contribution is -2.23. The summed E-state index contributed by atoms with van der Waals surface area (Å²) in [5.41, 5.74) is 1.06. The lowest BCUT2D eigenvalue weighted by atomic mass is 10.1. The van der Waals surface area contributed by atoms with Gasteiger partial charge < -0.3 is 9.64 Å². The number of thiol groups is 1. The molecule has 0 aliphatic heterocycles. The molecule has 5 heteroatoms. The fraction of sp³-hybridized carbons (Fsp3) is 0.364. The molecule has 88 valence electrons. The first-order valence-electron chi connectivity index (χ1n) is 4.81. The van der Waals surface area contributed by atoms with Crippen molar-refractivity contribution in [1.29, 1.82) is 0 Å². The summed E-state index contributed by atoms with van der Waals surface area (Å²) < 4.78 is 5.06. The molecule has 3 nitrogen and oxygen atoms in total. The van der Waals surface area contributed by atoms with E-state index in [1.54, 1.807) is 19.1 Å². The Labute approximate surface area is 106 Å². The highest BCUT2D eigenvalue weighted by atomic mass is 35.5. The van der Waals surface area contributed by atoms with Gasteiger partial charge in [0.1, 0.15) is 5.75 Å². The van der Waals surface area contributed by atoms with Gasteiger partial charge in [-0.1, -0.05) is 30.3 Å². The van der Waals surface area contributed by atoms with Crippen LogP contribution in [0, 0.1) is 0 Å². The number of hydrogen-bond acceptors (Lipinski definition) is 2. The van der Waals surface area contributed by atoms with E-state index < -0.39 is 0 Å². The molecule has 0 atom stereocenters. The number of likely N-dealkylation sites (N-methyl/N-ethyl adjacent to an activating group) is 1. The summed E-state index contributed by atoms with van der Waals surface area (Å²) in [7, 11) is 3.29. The first-order valence-corrected chi connectivity index (χ1v) is 5.63. The Bertz CT molecular complexity index is 384. The third kappa shape index (κ3) is 3.61. The quantitative estimate of drug-likeness (QED) is 0.843. The van der Waals surface area contributed by atoms with Crippen LogP contribution in [0.3, 0.4) is 0 Å². The number of ether oxygens (including phenoxy) is 1. The van der Waals surface area contributed by atoms with Crippen LogP contribution in [0.2, 0.25) is 5.02 Å². The minimum atomic E-state index is -0.236. The van der Waals surface area contributed by atoms with Crippen LogP contribution >= 0.6 is 24.2 Å². The Morgan fingerprint density at radius 1 is 1.56 bits per heavy atom. The lowest BCUT2D eigenvalue weighted by molar-refractivity contribution is 0.234. The van der Waals surface area contributed by atoms with Crippen LogP contribution in [0.25, 0.3) is 0 Å². The van der Waals surface area contributed by atoms with E-state index in [1.807, 2.05) is 18.2 Å². The lowest BCUT2D eigenvalue weighted by Gasteiger charge is -2.14. The molecule has 0 bridgehead atoms. The fourth-order valence-electron chi connectivity index (χ4n) is 1.26. The number of methoxy groups -OCH3 is 1. The van der Waals surface area contributed by atoms with E-state index in [9.17, 15) is 4.79 Å². The summed E-state index contributed by atoms with van der Waals surface area (Å²) in [6.45, 7) is 0.616. The molecule has 0 unspecified atom stereocenters. The van der Waals surface area contributed by atoms with Gasteiger partial charge in [-0.3, -0.25) is 4.79 Å². The Hall–Kier alpha value is -0.870. The van der Waals surface area contributed by atoms with Gasteiger partial charge >= 0.3 is 0 Å². The minimum absolute atomic E-state index is 0.236. The molecule has 0 aliphatic rings. The van der Waals surface area contributed by atoms with Crippen LogP contribution < -0.4 is 4.74 Å².